The molecular formula is C28H48N6O4. The number of carbonyl (C=O) groups is 2. The molecule has 2 rings (SSSR count). The highest BCUT2D eigenvalue weighted by atomic mass is 16.6. The van der Waals surface area contributed by atoms with Gasteiger partial charge in [0.2, 0.25) is 5.96 Å². The zero-order valence-electron chi connectivity index (χ0n) is 24.4. The van der Waals surface area contributed by atoms with Crippen molar-refractivity contribution in [2.24, 2.45) is 4.99 Å². The normalized spacial score (nSPS) is 15.2. The number of alkyl carbamates (subject to hydrolysis) is 1. The van der Waals surface area contributed by atoms with Crippen molar-refractivity contribution in [1.29, 1.82) is 0 Å². The maximum atomic E-state index is 12.3. The van der Waals surface area contributed by atoms with E-state index in [-0.39, 0.29) is 5.96 Å². The zero-order valence-corrected chi connectivity index (χ0v) is 24.4. The summed E-state index contributed by atoms with van der Waals surface area (Å²) in [7, 11) is 0. The Bertz CT molecular complexity index is 897. The molecule has 0 atom stereocenters. The molecule has 0 saturated carbocycles. The summed E-state index contributed by atoms with van der Waals surface area (Å²) in [5, 5.41) is 5.36. The highest BCUT2D eigenvalue weighted by Crippen LogP contribution is 2.18. The van der Waals surface area contributed by atoms with E-state index in [1.807, 2.05) is 6.07 Å². The summed E-state index contributed by atoms with van der Waals surface area (Å²) in [5.41, 5.74) is -0.406. The van der Waals surface area contributed by atoms with Gasteiger partial charge in [-0.15, -0.1) is 4.99 Å². The maximum absolute atomic E-state index is 12.3. The van der Waals surface area contributed by atoms with Crippen LogP contribution in [-0.2, 0) is 9.47 Å². The molecule has 1 aliphatic rings. The molecule has 0 unspecified atom stereocenters. The number of amides is 2. The molecule has 38 heavy (non-hydrogen) atoms. The number of ether oxygens (including phenoxy) is 2. The van der Waals surface area contributed by atoms with Crippen molar-refractivity contribution >= 4 is 29.7 Å². The number of nitrogens with one attached hydrogen (secondary N) is 2. The maximum Gasteiger partial charge on any atom is 0.437 e. The molecule has 0 radical (unpaired) electrons. The molecule has 1 aliphatic heterocycles. The number of carbonyl (C=O) groups excluding carboxylic acids is 2. The van der Waals surface area contributed by atoms with E-state index in [4.69, 9.17) is 9.47 Å². The molecule has 1 aromatic rings. The second-order valence-electron chi connectivity index (χ2n) is 11.7. The molecule has 2 amide bonds. The highest BCUT2D eigenvalue weighted by Gasteiger charge is 2.21. The first-order chi connectivity index (χ1) is 17.8. The Balaban J connectivity index is 1.93. The van der Waals surface area contributed by atoms with E-state index >= 15 is 0 Å². The van der Waals surface area contributed by atoms with Crippen molar-refractivity contribution in [1.82, 2.24) is 15.2 Å². The van der Waals surface area contributed by atoms with Gasteiger partial charge in [-0.1, -0.05) is 39.0 Å². The molecule has 1 saturated heterocycles. The number of piperazine rings is 1. The summed E-state index contributed by atoms with van der Waals surface area (Å²) in [6.07, 6.45) is 8.12. The summed E-state index contributed by atoms with van der Waals surface area (Å²) in [5.74, 6) is 0.297. The first-order valence-electron chi connectivity index (χ1n) is 13.9. The van der Waals surface area contributed by atoms with Crippen LogP contribution in [0.15, 0.2) is 23.3 Å². The molecular weight excluding hydrogens is 484 g/mol. The average molecular weight is 533 g/mol. The van der Waals surface area contributed by atoms with Crippen molar-refractivity contribution in [2.45, 2.75) is 98.2 Å². The number of hydrogen-bond acceptors (Lipinski definition) is 7. The molecule has 2 N–H and O–H groups in total. The number of rotatable bonds is 9. The number of unbranched alkanes of at least 4 members (excludes halogenated alkanes) is 5. The monoisotopic (exact) mass is 532 g/mol. The minimum absolute atomic E-state index is 0.128. The van der Waals surface area contributed by atoms with Crippen LogP contribution in [0.4, 0.5) is 21.1 Å². The van der Waals surface area contributed by atoms with Gasteiger partial charge < -0.3 is 19.7 Å². The SMILES string of the molecule is CCCCCCCCN1CCN(c2ccc(NC(=NC(=O)OC(C)(C)C)NC(=O)OC(C)(C)C)nc2)CC1. The minimum Gasteiger partial charge on any atom is -0.444 e. The molecule has 10 nitrogen and oxygen atoms in total. The van der Waals surface area contributed by atoms with E-state index in [1.165, 1.54) is 45.1 Å². The van der Waals surface area contributed by atoms with Crippen LogP contribution in [0.1, 0.15) is 87.0 Å². The first-order valence-corrected chi connectivity index (χ1v) is 13.9. The lowest BCUT2D eigenvalue weighted by atomic mass is 10.1. The summed E-state index contributed by atoms with van der Waals surface area (Å²) >= 11 is 0. The van der Waals surface area contributed by atoms with Crippen molar-refractivity contribution in [3.8, 4) is 0 Å². The van der Waals surface area contributed by atoms with E-state index in [0.29, 0.717) is 5.82 Å². The summed E-state index contributed by atoms with van der Waals surface area (Å²) < 4.78 is 10.5. The summed E-state index contributed by atoms with van der Waals surface area (Å²) in [6.45, 7) is 17.9. The van der Waals surface area contributed by atoms with Gasteiger partial charge in [0.25, 0.3) is 0 Å². The van der Waals surface area contributed by atoms with Crippen molar-refractivity contribution < 1.29 is 19.1 Å². The van der Waals surface area contributed by atoms with Crippen LogP contribution in [0.5, 0.6) is 0 Å². The van der Waals surface area contributed by atoms with Crippen molar-refractivity contribution in [3.63, 3.8) is 0 Å². The topological polar surface area (TPSA) is 108 Å². The Morgan fingerprint density at radius 2 is 1.55 bits per heavy atom. The van der Waals surface area contributed by atoms with Gasteiger partial charge in [0.1, 0.15) is 17.0 Å². The average Bonchev–Trinajstić information content (AvgIpc) is 2.79. The van der Waals surface area contributed by atoms with Gasteiger partial charge in [-0.2, -0.15) is 0 Å². The fourth-order valence-corrected chi connectivity index (χ4v) is 3.98. The van der Waals surface area contributed by atoms with Gasteiger partial charge >= 0.3 is 12.2 Å². The lowest BCUT2D eigenvalue weighted by Gasteiger charge is -2.36. The van der Waals surface area contributed by atoms with Crippen LogP contribution in [0.25, 0.3) is 0 Å². The predicted octanol–water partition coefficient (Wildman–Crippen LogP) is 5.79. The van der Waals surface area contributed by atoms with Gasteiger partial charge in [0, 0.05) is 26.2 Å². The van der Waals surface area contributed by atoms with Crippen LogP contribution in [0.2, 0.25) is 0 Å². The molecule has 1 aromatic heterocycles. The van der Waals surface area contributed by atoms with E-state index in [1.54, 1.807) is 53.8 Å². The third-order valence-electron chi connectivity index (χ3n) is 5.78. The quantitative estimate of drug-likeness (QED) is 0.234. The minimum atomic E-state index is -0.841. The Morgan fingerprint density at radius 3 is 2.13 bits per heavy atom. The molecule has 0 spiro atoms. The zero-order chi connectivity index (χ0) is 28.2. The van der Waals surface area contributed by atoms with Crippen LogP contribution in [0.3, 0.4) is 0 Å². The molecule has 1 fully saturated rings. The van der Waals surface area contributed by atoms with Crippen LogP contribution in [-0.4, -0.2) is 72.0 Å². The lowest BCUT2D eigenvalue weighted by Crippen LogP contribution is -2.46. The fraction of sp³-hybridized carbons (Fsp3) is 0.714. The number of pyridine rings is 1. The first kappa shape index (κ1) is 31.3. The van der Waals surface area contributed by atoms with E-state index in [2.05, 4.69) is 37.3 Å². The molecule has 214 valence electrons. The summed E-state index contributed by atoms with van der Waals surface area (Å²) in [4.78, 5) is 37.8. The van der Waals surface area contributed by atoms with E-state index in [0.717, 1.165) is 31.9 Å². The van der Waals surface area contributed by atoms with Gasteiger partial charge in [0.15, 0.2) is 0 Å². The Labute approximate surface area is 228 Å². The van der Waals surface area contributed by atoms with Crippen molar-refractivity contribution in [2.75, 3.05) is 42.9 Å². The third-order valence-corrected chi connectivity index (χ3v) is 5.78. The number of nitrogens with zero attached hydrogens (tertiary/aromatic N) is 4. The predicted molar refractivity (Wildman–Crippen MR) is 153 cm³/mol. The van der Waals surface area contributed by atoms with Crippen LogP contribution in [0, 0.1) is 0 Å². The van der Waals surface area contributed by atoms with E-state index in [9.17, 15) is 9.59 Å². The van der Waals surface area contributed by atoms with Crippen LogP contribution >= 0.6 is 0 Å². The van der Waals surface area contributed by atoms with Crippen molar-refractivity contribution in [3.05, 3.63) is 18.3 Å². The second-order valence-corrected chi connectivity index (χ2v) is 11.7. The highest BCUT2D eigenvalue weighted by molar-refractivity contribution is 6.05. The fourth-order valence-electron chi connectivity index (χ4n) is 3.98. The smallest absolute Gasteiger partial charge is 0.437 e. The number of anilines is 2. The molecule has 10 heteroatoms. The molecule has 2 heterocycles. The van der Waals surface area contributed by atoms with Gasteiger partial charge in [0.05, 0.1) is 11.9 Å². The molecule has 0 aliphatic carbocycles. The standard InChI is InChI=1S/C28H48N6O4/c1-8-9-10-11-12-13-16-33-17-19-34(20-18-33)22-14-15-23(29-21-22)30-24(31-25(35)37-27(2,3)4)32-26(36)38-28(5,6)7/h14-15,21H,8-13,16-20H2,1-7H3,(H2,29,30,31,32,35,36). The Hall–Kier alpha value is -2.88. The van der Waals surface area contributed by atoms with E-state index < -0.39 is 23.4 Å². The number of hydrogen-bond donors (Lipinski definition) is 2. The van der Waals surface area contributed by atoms with Crippen LogP contribution < -0.4 is 15.5 Å². The largest absolute Gasteiger partial charge is 0.444 e. The van der Waals surface area contributed by atoms with Gasteiger partial charge in [-0.05, 0) is 66.6 Å². The Kier molecular flexibility index (Phi) is 12.3. The summed E-state index contributed by atoms with van der Waals surface area (Å²) in [6, 6.07) is 3.76. The number of aliphatic imine (C=N–C) groups is 1. The van der Waals surface area contributed by atoms with Gasteiger partial charge in [-0.25, -0.2) is 14.6 Å². The molecule has 0 aromatic carbocycles. The molecule has 0 bridgehead atoms. The van der Waals surface area contributed by atoms with Gasteiger partial charge in [-0.3, -0.25) is 10.2 Å². The second kappa shape index (κ2) is 14.9. The third kappa shape index (κ3) is 13.1. The Morgan fingerprint density at radius 1 is 0.921 bits per heavy atom. The number of guanidine groups is 1. The lowest BCUT2D eigenvalue weighted by molar-refractivity contribution is 0.0562. The number of aromatic nitrogens is 1.